The third-order valence-electron chi connectivity index (χ3n) is 4.09. The molecule has 0 atom stereocenters. The molecule has 0 saturated heterocycles. The van der Waals surface area contributed by atoms with Gasteiger partial charge in [0.25, 0.3) is 5.91 Å². The molecule has 23 heavy (non-hydrogen) atoms. The molecule has 0 spiro atoms. The van der Waals surface area contributed by atoms with E-state index < -0.39 is 0 Å². The van der Waals surface area contributed by atoms with Gasteiger partial charge < -0.3 is 5.32 Å². The standard InChI is InChI=1S/C18H19N3O2/c1-12-7-9-13(10-8-12)11-21-15-6-4-5-14(17(22)19-2)16(15)20(3)18(21)23/h4-10H,11H2,1-3H3,(H,19,22). The van der Waals surface area contributed by atoms with Gasteiger partial charge in [-0.3, -0.25) is 13.9 Å². The number of nitrogens with zero attached hydrogens (tertiary/aromatic N) is 2. The second kappa shape index (κ2) is 5.76. The molecule has 1 amide bonds. The van der Waals surface area contributed by atoms with Gasteiger partial charge in [-0.15, -0.1) is 0 Å². The molecule has 1 heterocycles. The summed E-state index contributed by atoms with van der Waals surface area (Å²) in [5, 5.41) is 2.62. The lowest BCUT2D eigenvalue weighted by atomic mass is 10.1. The summed E-state index contributed by atoms with van der Waals surface area (Å²) in [6.07, 6.45) is 0. The van der Waals surface area contributed by atoms with Crippen LogP contribution in [0.1, 0.15) is 21.5 Å². The number of aryl methyl sites for hydroxylation is 2. The third-order valence-corrected chi connectivity index (χ3v) is 4.09. The number of fused-ring (bicyclic) bond motifs is 1. The molecule has 0 bridgehead atoms. The van der Waals surface area contributed by atoms with Gasteiger partial charge >= 0.3 is 5.69 Å². The van der Waals surface area contributed by atoms with Crippen LogP contribution in [0.5, 0.6) is 0 Å². The van der Waals surface area contributed by atoms with Crippen LogP contribution in [-0.2, 0) is 13.6 Å². The Labute approximate surface area is 134 Å². The smallest absolute Gasteiger partial charge is 0.329 e. The molecule has 0 unspecified atom stereocenters. The summed E-state index contributed by atoms with van der Waals surface area (Å²) in [6.45, 7) is 2.51. The zero-order valence-electron chi connectivity index (χ0n) is 13.5. The molecule has 3 aromatic rings. The maximum absolute atomic E-state index is 12.6. The van der Waals surface area contributed by atoms with E-state index >= 15 is 0 Å². The monoisotopic (exact) mass is 309 g/mol. The van der Waals surface area contributed by atoms with E-state index in [0.29, 0.717) is 17.6 Å². The summed E-state index contributed by atoms with van der Waals surface area (Å²) in [6, 6.07) is 13.5. The highest BCUT2D eigenvalue weighted by atomic mass is 16.2. The maximum Gasteiger partial charge on any atom is 0.329 e. The number of nitrogens with one attached hydrogen (secondary N) is 1. The molecule has 0 saturated carbocycles. The number of para-hydroxylation sites is 1. The lowest BCUT2D eigenvalue weighted by Gasteiger charge is -2.06. The van der Waals surface area contributed by atoms with Crippen LogP contribution in [0.25, 0.3) is 11.0 Å². The fourth-order valence-corrected chi connectivity index (χ4v) is 2.83. The van der Waals surface area contributed by atoms with Crippen LogP contribution in [0.4, 0.5) is 0 Å². The van der Waals surface area contributed by atoms with E-state index in [0.717, 1.165) is 11.1 Å². The van der Waals surface area contributed by atoms with Crippen molar-refractivity contribution in [1.82, 2.24) is 14.5 Å². The molecule has 0 aliphatic rings. The van der Waals surface area contributed by atoms with Gasteiger partial charge in [0.1, 0.15) is 0 Å². The van der Waals surface area contributed by atoms with E-state index in [-0.39, 0.29) is 11.6 Å². The van der Waals surface area contributed by atoms with E-state index in [1.54, 1.807) is 30.8 Å². The second-order valence-electron chi connectivity index (χ2n) is 5.67. The molecule has 3 rings (SSSR count). The summed E-state index contributed by atoms with van der Waals surface area (Å²) in [5.41, 5.74) is 4.03. The van der Waals surface area contributed by atoms with Crippen molar-refractivity contribution in [1.29, 1.82) is 0 Å². The third kappa shape index (κ3) is 2.54. The normalized spacial score (nSPS) is 10.9. The number of benzene rings is 2. The lowest BCUT2D eigenvalue weighted by Crippen LogP contribution is -2.23. The number of amides is 1. The van der Waals surface area contributed by atoms with E-state index in [9.17, 15) is 9.59 Å². The number of carbonyl (C=O) groups is 1. The quantitative estimate of drug-likeness (QED) is 0.805. The molecule has 0 radical (unpaired) electrons. The topological polar surface area (TPSA) is 56.0 Å². The summed E-state index contributed by atoms with van der Waals surface area (Å²) < 4.78 is 3.24. The Morgan fingerprint density at radius 2 is 1.83 bits per heavy atom. The van der Waals surface area contributed by atoms with Gasteiger partial charge in [-0.25, -0.2) is 4.79 Å². The highest BCUT2D eigenvalue weighted by Crippen LogP contribution is 2.18. The Morgan fingerprint density at radius 1 is 1.13 bits per heavy atom. The first-order valence-corrected chi connectivity index (χ1v) is 7.49. The van der Waals surface area contributed by atoms with Gasteiger partial charge in [0.05, 0.1) is 23.1 Å². The van der Waals surface area contributed by atoms with Crippen LogP contribution in [0.15, 0.2) is 47.3 Å². The average molecular weight is 309 g/mol. The molecule has 0 aliphatic carbocycles. The molecular weight excluding hydrogens is 290 g/mol. The van der Waals surface area contributed by atoms with Crippen LogP contribution in [0.3, 0.4) is 0 Å². The van der Waals surface area contributed by atoms with Gasteiger partial charge in [0.15, 0.2) is 0 Å². The second-order valence-corrected chi connectivity index (χ2v) is 5.67. The van der Waals surface area contributed by atoms with Gasteiger partial charge in [-0.1, -0.05) is 35.9 Å². The van der Waals surface area contributed by atoms with Crippen LogP contribution in [0, 0.1) is 6.92 Å². The maximum atomic E-state index is 12.6. The number of imidazole rings is 1. The zero-order chi connectivity index (χ0) is 16.6. The largest absolute Gasteiger partial charge is 0.355 e. The Morgan fingerprint density at radius 3 is 2.48 bits per heavy atom. The van der Waals surface area contributed by atoms with Crippen LogP contribution in [-0.4, -0.2) is 22.1 Å². The lowest BCUT2D eigenvalue weighted by molar-refractivity contribution is 0.0964. The fraction of sp³-hybridized carbons (Fsp3) is 0.222. The zero-order valence-corrected chi connectivity index (χ0v) is 13.5. The molecule has 1 aromatic heterocycles. The molecule has 118 valence electrons. The number of hydrogen-bond acceptors (Lipinski definition) is 2. The SMILES string of the molecule is CNC(=O)c1cccc2c1n(C)c(=O)n2Cc1ccc(C)cc1. The van der Waals surface area contributed by atoms with Crippen LogP contribution < -0.4 is 11.0 Å². The van der Waals surface area contributed by atoms with Gasteiger partial charge in [0.2, 0.25) is 0 Å². The van der Waals surface area contributed by atoms with Crippen molar-refractivity contribution in [2.24, 2.45) is 7.05 Å². The first-order chi connectivity index (χ1) is 11.0. The van der Waals surface area contributed by atoms with Gasteiger partial charge in [0, 0.05) is 14.1 Å². The minimum Gasteiger partial charge on any atom is -0.355 e. The van der Waals surface area contributed by atoms with Crippen molar-refractivity contribution >= 4 is 16.9 Å². The predicted molar refractivity (Wildman–Crippen MR) is 90.9 cm³/mol. The minimum absolute atomic E-state index is 0.128. The van der Waals surface area contributed by atoms with E-state index in [1.165, 1.54) is 10.1 Å². The molecule has 1 N–H and O–H groups in total. The average Bonchev–Trinajstić information content (AvgIpc) is 2.81. The van der Waals surface area contributed by atoms with E-state index in [1.807, 2.05) is 37.3 Å². The molecular formula is C18H19N3O2. The van der Waals surface area contributed by atoms with E-state index in [2.05, 4.69) is 5.32 Å². The van der Waals surface area contributed by atoms with E-state index in [4.69, 9.17) is 0 Å². The van der Waals surface area contributed by atoms with Crippen molar-refractivity contribution in [3.8, 4) is 0 Å². The Hall–Kier alpha value is -2.82. The molecule has 5 heteroatoms. The van der Waals surface area contributed by atoms with Crippen LogP contribution >= 0.6 is 0 Å². The van der Waals surface area contributed by atoms with Crippen LogP contribution in [0.2, 0.25) is 0 Å². The molecule has 0 fully saturated rings. The van der Waals surface area contributed by atoms with Crippen molar-refractivity contribution in [2.45, 2.75) is 13.5 Å². The Kier molecular flexibility index (Phi) is 3.78. The first-order valence-electron chi connectivity index (χ1n) is 7.49. The molecule has 2 aromatic carbocycles. The number of carbonyl (C=O) groups excluding carboxylic acids is 1. The van der Waals surface area contributed by atoms with Crippen molar-refractivity contribution in [3.05, 3.63) is 69.6 Å². The summed E-state index contributed by atoms with van der Waals surface area (Å²) in [5.74, 6) is -0.196. The summed E-state index contributed by atoms with van der Waals surface area (Å²) in [4.78, 5) is 24.7. The van der Waals surface area contributed by atoms with Crippen molar-refractivity contribution in [2.75, 3.05) is 7.05 Å². The summed E-state index contributed by atoms with van der Waals surface area (Å²) in [7, 11) is 3.28. The van der Waals surface area contributed by atoms with Crippen molar-refractivity contribution < 1.29 is 4.79 Å². The predicted octanol–water partition coefficient (Wildman–Crippen LogP) is 2.06. The molecule has 0 aliphatic heterocycles. The number of hydrogen-bond donors (Lipinski definition) is 1. The summed E-state index contributed by atoms with van der Waals surface area (Å²) >= 11 is 0. The number of aromatic nitrogens is 2. The van der Waals surface area contributed by atoms with Gasteiger partial charge in [-0.05, 0) is 24.6 Å². The Bertz CT molecular complexity index is 933. The highest BCUT2D eigenvalue weighted by Gasteiger charge is 2.17. The van der Waals surface area contributed by atoms with Crippen molar-refractivity contribution in [3.63, 3.8) is 0 Å². The molecule has 5 nitrogen and oxygen atoms in total. The first kappa shape index (κ1) is 15.1. The fourth-order valence-electron chi connectivity index (χ4n) is 2.83. The highest BCUT2D eigenvalue weighted by molar-refractivity contribution is 6.05. The number of rotatable bonds is 3. The Balaban J connectivity index is 2.18. The van der Waals surface area contributed by atoms with Gasteiger partial charge in [-0.2, -0.15) is 0 Å². The minimum atomic E-state index is -0.196.